The Bertz CT molecular complexity index is 59.1. The van der Waals surface area contributed by atoms with E-state index in [1.165, 1.54) is 30.4 Å². The van der Waals surface area contributed by atoms with Gasteiger partial charge in [-0.25, -0.2) is 0 Å². The van der Waals surface area contributed by atoms with Crippen LogP contribution in [0.5, 0.6) is 0 Å². The van der Waals surface area contributed by atoms with Crippen molar-refractivity contribution < 1.29 is 4.48 Å². The third-order valence-corrected chi connectivity index (χ3v) is 1.66. The second-order valence-electron chi connectivity index (χ2n) is 3.38. The van der Waals surface area contributed by atoms with Crippen molar-refractivity contribution in [2.24, 2.45) is 0 Å². The standard InChI is InChI=1S/C8H20N.CH4/c1-5-7-9(3,4)8-6-2;/h5-8H2,1-4H3;1H4/q+1;. The molecule has 0 aromatic rings. The third kappa shape index (κ3) is 6.09. The van der Waals surface area contributed by atoms with Crippen molar-refractivity contribution in [1.82, 2.24) is 0 Å². The van der Waals surface area contributed by atoms with Crippen molar-refractivity contribution >= 4 is 0 Å². The number of nitrogens with zero attached hydrogens (tertiary/aromatic N) is 1. The van der Waals surface area contributed by atoms with E-state index in [0.717, 1.165) is 0 Å². The van der Waals surface area contributed by atoms with Crippen LogP contribution < -0.4 is 0 Å². The van der Waals surface area contributed by atoms with Crippen LogP contribution in [0.25, 0.3) is 0 Å². The first-order valence-corrected chi connectivity index (χ1v) is 3.94. The Labute approximate surface area is 66.6 Å². The van der Waals surface area contributed by atoms with Crippen molar-refractivity contribution in [2.75, 3.05) is 27.2 Å². The molecule has 0 heterocycles. The van der Waals surface area contributed by atoms with Crippen molar-refractivity contribution in [3.8, 4) is 0 Å². The van der Waals surface area contributed by atoms with Crippen LogP contribution >= 0.6 is 0 Å². The molecule has 0 radical (unpaired) electrons. The zero-order valence-electron chi connectivity index (χ0n) is 7.28. The first-order valence-electron chi connectivity index (χ1n) is 3.94. The quantitative estimate of drug-likeness (QED) is 0.535. The van der Waals surface area contributed by atoms with Gasteiger partial charge in [-0.15, -0.1) is 0 Å². The SMILES string of the molecule is C.CCC[N+](C)(C)CCC. The lowest BCUT2D eigenvalue weighted by atomic mass is 10.3. The molecule has 1 nitrogen and oxygen atoms in total. The van der Waals surface area contributed by atoms with E-state index in [9.17, 15) is 0 Å². The van der Waals surface area contributed by atoms with Gasteiger partial charge in [0, 0.05) is 0 Å². The Kier molecular flexibility index (Phi) is 7.22. The molecule has 0 N–H and O–H groups in total. The number of quaternary nitrogens is 1. The van der Waals surface area contributed by atoms with Gasteiger partial charge in [0.25, 0.3) is 0 Å². The maximum absolute atomic E-state index is 2.30. The molecule has 0 spiro atoms. The lowest BCUT2D eigenvalue weighted by molar-refractivity contribution is -0.890. The van der Waals surface area contributed by atoms with Crippen molar-refractivity contribution in [3.63, 3.8) is 0 Å². The van der Waals surface area contributed by atoms with E-state index < -0.39 is 0 Å². The first kappa shape index (κ1) is 12.6. The van der Waals surface area contributed by atoms with Crippen LogP contribution in [-0.2, 0) is 0 Å². The van der Waals surface area contributed by atoms with Gasteiger partial charge in [-0.2, -0.15) is 0 Å². The van der Waals surface area contributed by atoms with Gasteiger partial charge in [-0.05, 0) is 12.8 Å². The van der Waals surface area contributed by atoms with Crippen LogP contribution in [-0.4, -0.2) is 31.7 Å². The summed E-state index contributed by atoms with van der Waals surface area (Å²) < 4.78 is 1.19. The van der Waals surface area contributed by atoms with E-state index >= 15 is 0 Å². The summed E-state index contributed by atoms with van der Waals surface area (Å²) in [5, 5.41) is 0. The Morgan fingerprint density at radius 1 is 0.900 bits per heavy atom. The molecule has 10 heavy (non-hydrogen) atoms. The van der Waals surface area contributed by atoms with Gasteiger partial charge in [0.1, 0.15) is 0 Å². The van der Waals surface area contributed by atoms with Gasteiger partial charge in [0.2, 0.25) is 0 Å². The highest BCUT2D eigenvalue weighted by Crippen LogP contribution is 1.99. The Hall–Kier alpha value is -0.0400. The fraction of sp³-hybridized carbons (Fsp3) is 1.00. The molecule has 0 unspecified atom stereocenters. The molecule has 1 heteroatoms. The number of hydrogen-bond acceptors (Lipinski definition) is 0. The van der Waals surface area contributed by atoms with Crippen LogP contribution in [0.4, 0.5) is 0 Å². The summed E-state index contributed by atoms with van der Waals surface area (Å²) in [6.07, 6.45) is 2.60. The van der Waals surface area contributed by atoms with Gasteiger partial charge >= 0.3 is 0 Å². The minimum absolute atomic E-state index is 0. The molecule has 0 fully saturated rings. The summed E-state index contributed by atoms with van der Waals surface area (Å²) >= 11 is 0. The zero-order chi connectivity index (χ0) is 7.33. The molecule has 0 aromatic heterocycles. The normalized spacial score (nSPS) is 10.8. The van der Waals surface area contributed by atoms with Gasteiger partial charge in [0.05, 0.1) is 27.2 Å². The van der Waals surface area contributed by atoms with Crippen molar-refractivity contribution in [3.05, 3.63) is 0 Å². The minimum atomic E-state index is 0. The highest BCUT2D eigenvalue weighted by atomic mass is 15.3. The Morgan fingerprint density at radius 3 is 1.40 bits per heavy atom. The van der Waals surface area contributed by atoms with Crippen LogP contribution in [0.1, 0.15) is 34.1 Å². The third-order valence-electron chi connectivity index (χ3n) is 1.66. The fourth-order valence-electron chi connectivity index (χ4n) is 1.32. The molecule has 0 aliphatic rings. The lowest BCUT2D eigenvalue weighted by Crippen LogP contribution is -2.40. The summed E-state index contributed by atoms with van der Waals surface area (Å²) in [7, 11) is 4.60. The molecule has 0 bridgehead atoms. The highest BCUT2D eigenvalue weighted by Gasteiger charge is 2.09. The summed E-state index contributed by atoms with van der Waals surface area (Å²) in [6, 6.07) is 0. The summed E-state index contributed by atoms with van der Waals surface area (Å²) in [5.74, 6) is 0. The maximum Gasteiger partial charge on any atom is 0.0779 e. The average molecular weight is 146 g/mol. The number of rotatable bonds is 4. The largest absolute Gasteiger partial charge is 0.328 e. The molecule has 0 aliphatic heterocycles. The van der Waals surface area contributed by atoms with Gasteiger partial charge < -0.3 is 4.48 Å². The Balaban J connectivity index is 0. The molecule has 0 amide bonds. The van der Waals surface area contributed by atoms with Crippen LogP contribution in [0.2, 0.25) is 0 Å². The van der Waals surface area contributed by atoms with E-state index in [0.29, 0.717) is 0 Å². The highest BCUT2D eigenvalue weighted by molar-refractivity contribution is 4.30. The van der Waals surface area contributed by atoms with E-state index in [1.807, 2.05) is 0 Å². The van der Waals surface area contributed by atoms with Gasteiger partial charge in [-0.1, -0.05) is 21.3 Å². The van der Waals surface area contributed by atoms with Crippen LogP contribution in [0.15, 0.2) is 0 Å². The van der Waals surface area contributed by atoms with E-state index in [1.54, 1.807) is 0 Å². The molecular formula is C9H24N+. The second kappa shape index (κ2) is 5.72. The summed E-state index contributed by atoms with van der Waals surface area (Å²) in [4.78, 5) is 0. The van der Waals surface area contributed by atoms with Crippen molar-refractivity contribution in [2.45, 2.75) is 34.1 Å². The summed E-state index contributed by atoms with van der Waals surface area (Å²) in [6.45, 7) is 7.12. The molecular weight excluding hydrogens is 122 g/mol. The monoisotopic (exact) mass is 146 g/mol. The minimum Gasteiger partial charge on any atom is -0.328 e. The predicted octanol–water partition coefficient (Wildman–Crippen LogP) is 2.52. The average Bonchev–Trinajstić information content (AvgIpc) is 1.64. The van der Waals surface area contributed by atoms with E-state index in [-0.39, 0.29) is 7.43 Å². The molecule has 64 valence electrons. The first-order chi connectivity index (χ1) is 4.12. The molecule has 0 saturated carbocycles. The van der Waals surface area contributed by atoms with Gasteiger partial charge in [0.15, 0.2) is 0 Å². The fourth-order valence-corrected chi connectivity index (χ4v) is 1.32. The molecule has 0 aliphatic carbocycles. The smallest absolute Gasteiger partial charge is 0.0779 e. The zero-order valence-corrected chi connectivity index (χ0v) is 7.28. The van der Waals surface area contributed by atoms with Crippen LogP contribution in [0, 0.1) is 0 Å². The predicted molar refractivity (Wildman–Crippen MR) is 49.2 cm³/mol. The molecule has 0 atom stereocenters. The topological polar surface area (TPSA) is 0 Å². The Morgan fingerprint density at radius 2 is 1.20 bits per heavy atom. The van der Waals surface area contributed by atoms with Crippen molar-refractivity contribution in [1.29, 1.82) is 0 Å². The maximum atomic E-state index is 2.30. The van der Waals surface area contributed by atoms with Gasteiger partial charge in [-0.3, -0.25) is 0 Å². The van der Waals surface area contributed by atoms with E-state index in [4.69, 9.17) is 0 Å². The molecule has 0 aromatic carbocycles. The van der Waals surface area contributed by atoms with Crippen LogP contribution in [0.3, 0.4) is 0 Å². The summed E-state index contributed by atoms with van der Waals surface area (Å²) in [5.41, 5.74) is 0. The molecule has 0 saturated heterocycles. The van der Waals surface area contributed by atoms with E-state index in [2.05, 4.69) is 27.9 Å². The lowest BCUT2D eigenvalue weighted by Gasteiger charge is -2.28. The second-order valence-corrected chi connectivity index (χ2v) is 3.38. The molecule has 0 rings (SSSR count). The number of hydrogen-bond donors (Lipinski definition) is 0.